The molecule has 0 fully saturated rings. The molecule has 24 heavy (non-hydrogen) atoms. The molecule has 0 atom stereocenters. The van der Waals surface area contributed by atoms with Crippen molar-refractivity contribution in [1.82, 2.24) is 9.71 Å². The number of carbonyl (C=O) groups is 1. The number of ketones is 1. The molecule has 0 radical (unpaired) electrons. The molecule has 0 spiro atoms. The Hall–Kier alpha value is -3.08. The molecule has 2 aromatic carbocycles. The van der Waals surface area contributed by atoms with E-state index < -0.39 is 0 Å². The van der Waals surface area contributed by atoms with Crippen molar-refractivity contribution >= 4 is 5.78 Å². The molecule has 5 heteroatoms. The molecule has 0 saturated heterocycles. The summed E-state index contributed by atoms with van der Waals surface area (Å²) in [6.07, 6.45) is 0. The zero-order valence-electron chi connectivity index (χ0n) is 13.6. The number of aryl methyl sites for hydroxylation is 1. The third-order valence-electron chi connectivity index (χ3n) is 3.72. The largest absolute Gasteiger partial charge is 0.489 e. The molecule has 0 aliphatic rings. The lowest BCUT2D eigenvalue weighted by molar-refractivity contribution is 0.0965. The lowest BCUT2D eigenvalue weighted by Crippen LogP contribution is -2.05. The fraction of sp³-hybridized carbons (Fsp3) is 0.158. The van der Waals surface area contributed by atoms with Crippen molar-refractivity contribution in [3.8, 4) is 17.1 Å². The summed E-state index contributed by atoms with van der Waals surface area (Å²) in [7, 11) is 0. The molecule has 1 heterocycles. The predicted molar refractivity (Wildman–Crippen MR) is 90.4 cm³/mol. The molecule has 3 rings (SSSR count). The van der Waals surface area contributed by atoms with Crippen LogP contribution in [0.15, 0.2) is 54.6 Å². The van der Waals surface area contributed by atoms with E-state index in [9.17, 15) is 10.0 Å². The van der Waals surface area contributed by atoms with Crippen molar-refractivity contribution in [2.45, 2.75) is 20.5 Å². The smallest absolute Gasteiger partial charge is 0.181 e. The van der Waals surface area contributed by atoms with Gasteiger partial charge in [-0.3, -0.25) is 4.79 Å². The second-order valence-corrected chi connectivity index (χ2v) is 5.54. The van der Waals surface area contributed by atoms with Crippen molar-refractivity contribution in [2.24, 2.45) is 0 Å². The number of carbonyl (C=O) groups excluding carboxylic acids is 1. The number of aromatic nitrogens is 2. The van der Waals surface area contributed by atoms with Crippen LogP contribution in [0.4, 0.5) is 0 Å². The Labute approximate surface area is 140 Å². The number of Topliss-reactive ketones (excluding diaryl/α,β-unsaturated/α-hetero) is 1. The summed E-state index contributed by atoms with van der Waals surface area (Å²) >= 11 is 0. The molecular weight excluding hydrogens is 304 g/mol. The van der Waals surface area contributed by atoms with Crippen LogP contribution in [0, 0.1) is 6.92 Å². The molecule has 0 saturated carbocycles. The van der Waals surface area contributed by atoms with E-state index in [1.807, 2.05) is 42.5 Å². The van der Waals surface area contributed by atoms with Crippen LogP contribution >= 0.6 is 0 Å². The monoisotopic (exact) mass is 322 g/mol. The highest BCUT2D eigenvalue weighted by Gasteiger charge is 2.18. The number of benzene rings is 2. The first-order valence-corrected chi connectivity index (χ1v) is 7.63. The SMILES string of the molecule is CC(=O)c1c(C)nc(-c2ccc(OCc3ccccc3)cc2)n1O. The molecule has 0 bridgehead atoms. The van der Waals surface area contributed by atoms with Gasteiger partial charge in [-0.15, -0.1) is 0 Å². The first-order chi connectivity index (χ1) is 11.6. The lowest BCUT2D eigenvalue weighted by Gasteiger charge is -2.07. The van der Waals surface area contributed by atoms with Gasteiger partial charge in [0.25, 0.3) is 0 Å². The Morgan fingerprint density at radius 3 is 2.38 bits per heavy atom. The van der Waals surface area contributed by atoms with Crippen LogP contribution in [-0.4, -0.2) is 20.7 Å². The first-order valence-electron chi connectivity index (χ1n) is 7.63. The van der Waals surface area contributed by atoms with Gasteiger partial charge in [0.05, 0.1) is 5.69 Å². The van der Waals surface area contributed by atoms with Crippen LogP contribution in [0.3, 0.4) is 0 Å². The molecule has 0 unspecified atom stereocenters. The van der Waals surface area contributed by atoms with E-state index in [0.717, 1.165) is 16.0 Å². The van der Waals surface area contributed by atoms with Crippen LogP contribution in [0.1, 0.15) is 28.7 Å². The number of ether oxygens (including phenoxy) is 1. The van der Waals surface area contributed by atoms with Crippen molar-refractivity contribution in [3.63, 3.8) is 0 Å². The summed E-state index contributed by atoms with van der Waals surface area (Å²) < 4.78 is 6.58. The maximum Gasteiger partial charge on any atom is 0.181 e. The van der Waals surface area contributed by atoms with E-state index in [1.165, 1.54) is 6.92 Å². The van der Waals surface area contributed by atoms with Crippen LogP contribution in [0.25, 0.3) is 11.4 Å². The lowest BCUT2D eigenvalue weighted by atomic mass is 10.2. The molecule has 3 aromatic rings. The Bertz CT molecular complexity index is 852. The van der Waals surface area contributed by atoms with Gasteiger partial charge in [0.2, 0.25) is 0 Å². The number of rotatable bonds is 5. The number of hydrogen-bond acceptors (Lipinski definition) is 4. The molecule has 1 aromatic heterocycles. The minimum atomic E-state index is -0.225. The van der Waals surface area contributed by atoms with Crippen molar-refractivity contribution in [1.29, 1.82) is 0 Å². The van der Waals surface area contributed by atoms with Gasteiger partial charge in [-0.1, -0.05) is 30.3 Å². The van der Waals surface area contributed by atoms with Crippen molar-refractivity contribution in [3.05, 3.63) is 71.5 Å². The van der Waals surface area contributed by atoms with Gasteiger partial charge in [-0.2, -0.15) is 4.73 Å². The van der Waals surface area contributed by atoms with E-state index >= 15 is 0 Å². The van der Waals surface area contributed by atoms with Gasteiger partial charge in [0.1, 0.15) is 18.1 Å². The Kier molecular flexibility index (Phi) is 4.33. The maximum absolute atomic E-state index is 11.6. The van der Waals surface area contributed by atoms with Gasteiger partial charge in [-0.25, -0.2) is 4.98 Å². The van der Waals surface area contributed by atoms with Crippen LogP contribution < -0.4 is 4.74 Å². The fourth-order valence-corrected chi connectivity index (χ4v) is 2.55. The topological polar surface area (TPSA) is 64.3 Å². The average molecular weight is 322 g/mol. The summed E-state index contributed by atoms with van der Waals surface area (Å²) in [4.78, 5) is 15.8. The summed E-state index contributed by atoms with van der Waals surface area (Å²) in [6, 6.07) is 17.1. The molecule has 0 aliphatic heterocycles. The third-order valence-corrected chi connectivity index (χ3v) is 3.72. The maximum atomic E-state index is 11.6. The molecular formula is C19H18N2O3. The predicted octanol–water partition coefficient (Wildman–Crippen LogP) is 3.88. The third kappa shape index (κ3) is 3.15. The summed E-state index contributed by atoms with van der Waals surface area (Å²) in [5.74, 6) is 0.839. The normalized spacial score (nSPS) is 10.6. The van der Waals surface area contributed by atoms with E-state index in [-0.39, 0.29) is 11.5 Å². The Morgan fingerprint density at radius 2 is 1.79 bits per heavy atom. The highest BCUT2D eigenvalue weighted by molar-refractivity contribution is 5.94. The number of nitrogens with zero attached hydrogens (tertiary/aromatic N) is 2. The second-order valence-electron chi connectivity index (χ2n) is 5.54. The Balaban J connectivity index is 1.78. The molecule has 0 amide bonds. The second kappa shape index (κ2) is 6.58. The van der Waals surface area contributed by atoms with E-state index in [2.05, 4.69) is 4.98 Å². The van der Waals surface area contributed by atoms with Gasteiger partial charge in [0, 0.05) is 12.5 Å². The first kappa shape index (κ1) is 15.8. The van der Waals surface area contributed by atoms with Gasteiger partial charge in [-0.05, 0) is 36.8 Å². The van der Waals surface area contributed by atoms with Crippen LogP contribution in [0.5, 0.6) is 5.75 Å². The molecule has 1 N–H and O–H groups in total. The van der Waals surface area contributed by atoms with Crippen LogP contribution in [0.2, 0.25) is 0 Å². The summed E-state index contributed by atoms with van der Waals surface area (Å²) in [5, 5.41) is 10.2. The Morgan fingerprint density at radius 1 is 1.12 bits per heavy atom. The highest BCUT2D eigenvalue weighted by atomic mass is 16.5. The number of imidazole rings is 1. The van der Waals surface area contributed by atoms with E-state index in [4.69, 9.17) is 4.74 Å². The van der Waals surface area contributed by atoms with Gasteiger partial charge >= 0.3 is 0 Å². The van der Waals surface area contributed by atoms with Crippen LogP contribution in [-0.2, 0) is 6.61 Å². The molecule has 122 valence electrons. The zero-order valence-corrected chi connectivity index (χ0v) is 13.6. The summed E-state index contributed by atoms with van der Waals surface area (Å²) in [6.45, 7) is 3.59. The number of hydrogen-bond donors (Lipinski definition) is 1. The average Bonchev–Trinajstić information content (AvgIpc) is 2.89. The minimum absolute atomic E-state index is 0.203. The van der Waals surface area contributed by atoms with E-state index in [1.54, 1.807) is 19.1 Å². The zero-order chi connectivity index (χ0) is 17.1. The van der Waals surface area contributed by atoms with Crippen molar-refractivity contribution < 1.29 is 14.7 Å². The van der Waals surface area contributed by atoms with Gasteiger partial charge in [0.15, 0.2) is 11.6 Å². The summed E-state index contributed by atoms with van der Waals surface area (Å²) in [5.41, 5.74) is 2.51. The highest BCUT2D eigenvalue weighted by Crippen LogP contribution is 2.24. The minimum Gasteiger partial charge on any atom is -0.489 e. The molecule has 5 nitrogen and oxygen atoms in total. The van der Waals surface area contributed by atoms with Crippen molar-refractivity contribution in [2.75, 3.05) is 0 Å². The molecule has 0 aliphatic carbocycles. The van der Waals surface area contributed by atoms with E-state index in [0.29, 0.717) is 23.7 Å². The standard InChI is InChI=1S/C19H18N2O3/c1-13-18(14(2)22)21(23)19(20-13)16-8-10-17(11-9-16)24-12-15-6-4-3-5-7-15/h3-11,23H,12H2,1-2H3. The fourth-order valence-electron chi connectivity index (χ4n) is 2.55. The van der Waals surface area contributed by atoms with Gasteiger partial charge < -0.3 is 9.94 Å². The quantitative estimate of drug-likeness (QED) is 0.572.